The number of hydrogen-bond acceptors (Lipinski definition) is 2. The predicted molar refractivity (Wildman–Crippen MR) is 66.5 cm³/mol. The van der Waals surface area contributed by atoms with Gasteiger partial charge in [-0.25, -0.2) is 0 Å². The maximum absolute atomic E-state index is 10.4. The molecule has 0 rings (SSSR count). The van der Waals surface area contributed by atoms with Crippen LogP contribution < -0.4 is 0 Å². The highest BCUT2D eigenvalue weighted by Crippen LogP contribution is 2.02. The molecule has 1 N–H and O–H groups in total. The molecule has 0 aliphatic carbocycles. The number of nitrogens with zero attached hydrogens (tertiary/aromatic N) is 2. The van der Waals surface area contributed by atoms with Crippen LogP contribution in [0, 0.1) is 0 Å². The van der Waals surface area contributed by atoms with Crippen LogP contribution in [0.4, 0.5) is 0 Å². The Morgan fingerprint density at radius 2 is 1.88 bits per heavy atom. The first-order valence-electron chi connectivity index (χ1n) is 6.09. The highest BCUT2D eigenvalue weighted by Gasteiger charge is 2.13. The second-order valence-corrected chi connectivity index (χ2v) is 5.18. The highest BCUT2D eigenvalue weighted by atomic mass is 16.4. The van der Waals surface area contributed by atoms with Crippen LogP contribution in [0.1, 0.15) is 26.2 Å². The van der Waals surface area contributed by atoms with E-state index in [0.717, 1.165) is 24.0 Å². The van der Waals surface area contributed by atoms with Crippen LogP contribution in [-0.4, -0.2) is 67.8 Å². The summed E-state index contributed by atoms with van der Waals surface area (Å²) in [6.45, 7) is 6.21. The van der Waals surface area contributed by atoms with Gasteiger partial charge in [0.25, 0.3) is 0 Å². The van der Waals surface area contributed by atoms with Gasteiger partial charge in [0.2, 0.25) is 0 Å². The molecule has 0 saturated carbocycles. The van der Waals surface area contributed by atoms with Gasteiger partial charge in [0.1, 0.15) is 0 Å². The van der Waals surface area contributed by atoms with Crippen molar-refractivity contribution >= 4 is 5.97 Å². The molecule has 0 saturated heterocycles. The Balaban J connectivity index is 3.60. The van der Waals surface area contributed by atoms with Crippen LogP contribution in [-0.2, 0) is 4.79 Å². The third kappa shape index (κ3) is 8.68. The molecule has 0 atom stereocenters. The molecule has 0 bridgehead atoms. The molecule has 4 heteroatoms. The second-order valence-electron chi connectivity index (χ2n) is 5.18. The van der Waals surface area contributed by atoms with Crippen molar-refractivity contribution in [1.82, 2.24) is 4.90 Å². The number of carboxylic acid groups (broad SMARTS) is 1. The molecule has 4 nitrogen and oxygen atoms in total. The summed E-state index contributed by atoms with van der Waals surface area (Å²) < 4.78 is 1.06. The average Bonchev–Trinajstić information content (AvgIpc) is 2.14. The van der Waals surface area contributed by atoms with E-state index in [1.807, 2.05) is 7.05 Å². The van der Waals surface area contributed by atoms with Crippen molar-refractivity contribution in [3.63, 3.8) is 0 Å². The first-order valence-corrected chi connectivity index (χ1v) is 6.09. The Kier molecular flexibility index (Phi) is 7.34. The fraction of sp³-hybridized carbons (Fsp3) is 0.917. The van der Waals surface area contributed by atoms with Crippen molar-refractivity contribution < 1.29 is 14.4 Å². The largest absolute Gasteiger partial charge is 0.481 e. The van der Waals surface area contributed by atoms with E-state index in [1.165, 1.54) is 13.0 Å². The maximum atomic E-state index is 10.4. The summed E-state index contributed by atoms with van der Waals surface area (Å²) in [6.07, 6.45) is 2.58. The molecule has 0 aromatic carbocycles. The number of rotatable bonds is 9. The van der Waals surface area contributed by atoms with Crippen LogP contribution >= 0.6 is 0 Å². The van der Waals surface area contributed by atoms with Crippen LogP contribution in [0.15, 0.2) is 0 Å². The Labute approximate surface area is 99.4 Å². The van der Waals surface area contributed by atoms with Gasteiger partial charge in [0.15, 0.2) is 0 Å². The first kappa shape index (κ1) is 15.4. The standard InChI is InChI=1S/C12H26N2O2/c1-5-10-14(3,4)11-6-8-13(2)9-7-12(15)16/h5-11H2,1-4H3/p+1. The van der Waals surface area contributed by atoms with Gasteiger partial charge < -0.3 is 14.5 Å². The molecule has 16 heavy (non-hydrogen) atoms. The van der Waals surface area contributed by atoms with Crippen LogP contribution in [0.3, 0.4) is 0 Å². The molecular weight excluding hydrogens is 204 g/mol. The lowest BCUT2D eigenvalue weighted by molar-refractivity contribution is -0.890. The number of aliphatic carboxylic acids is 1. The summed E-state index contributed by atoms with van der Waals surface area (Å²) in [5, 5.41) is 8.56. The lowest BCUT2D eigenvalue weighted by Gasteiger charge is -2.30. The van der Waals surface area contributed by atoms with Gasteiger partial charge in [-0.1, -0.05) is 6.92 Å². The molecular formula is C12H27N2O2+. The molecule has 0 aliphatic rings. The molecule has 0 fully saturated rings. The number of hydrogen-bond donors (Lipinski definition) is 1. The zero-order chi connectivity index (χ0) is 12.6. The quantitative estimate of drug-likeness (QED) is 0.608. The predicted octanol–water partition coefficient (Wildman–Crippen LogP) is 1.27. The SMILES string of the molecule is CCC[N+](C)(C)CCCN(C)CCC(=O)O. The van der Waals surface area contributed by atoms with Crippen molar-refractivity contribution in [3.05, 3.63) is 0 Å². The molecule has 0 aliphatic heterocycles. The number of quaternary nitrogens is 1. The van der Waals surface area contributed by atoms with Crippen LogP contribution in [0.2, 0.25) is 0 Å². The minimum Gasteiger partial charge on any atom is -0.481 e. The molecule has 0 radical (unpaired) electrons. The number of carbonyl (C=O) groups is 1. The van der Waals surface area contributed by atoms with Crippen molar-refractivity contribution in [2.45, 2.75) is 26.2 Å². The fourth-order valence-electron chi connectivity index (χ4n) is 1.88. The number of carboxylic acids is 1. The van der Waals surface area contributed by atoms with Crippen molar-refractivity contribution in [2.75, 3.05) is 47.3 Å². The smallest absolute Gasteiger partial charge is 0.304 e. The minimum atomic E-state index is -0.714. The van der Waals surface area contributed by atoms with E-state index in [1.54, 1.807) is 0 Å². The maximum Gasteiger partial charge on any atom is 0.304 e. The Morgan fingerprint density at radius 1 is 1.25 bits per heavy atom. The van der Waals surface area contributed by atoms with E-state index in [2.05, 4.69) is 25.9 Å². The van der Waals surface area contributed by atoms with Gasteiger partial charge in [0, 0.05) is 19.5 Å². The fourth-order valence-corrected chi connectivity index (χ4v) is 1.88. The molecule has 0 spiro atoms. The van der Waals surface area contributed by atoms with E-state index >= 15 is 0 Å². The second kappa shape index (κ2) is 7.63. The summed E-state index contributed by atoms with van der Waals surface area (Å²) in [5.74, 6) is -0.714. The van der Waals surface area contributed by atoms with Crippen molar-refractivity contribution in [3.8, 4) is 0 Å². The summed E-state index contributed by atoms with van der Waals surface area (Å²) in [4.78, 5) is 12.5. The van der Waals surface area contributed by atoms with Gasteiger partial charge in [0.05, 0.1) is 33.6 Å². The average molecular weight is 231 g/mol. The highest BCUT2D eigenvalue weighted by molar-refractivity contribution is 5.66. The molecule has 0 unspecified atom stereocenters. The van der Waals surface area contributed by atoms with Crippen LogP contribution in [0.5, 0.6) is 0 Å². The molecule has 0 amide bonds. The minimum absolute atomic E-state index is 0.240. The summed E-state index contributed by atoms with van der Waals surface area (Å²) in [5.41, 5.74) is 0. The van der Waals surface area contributed by atoms with Gasteiger partial charge in [-0.15, -0.1) is 0 Å². The van der Waals surface area contributed by atoms with E-state index in [0.29, 0.717) is 6.54 Å². The van der Waals surface area contributed by atoms with Crippen LogP contribution in [0.25, 0.3) is 0 Å². The molecule has 0 aromatic rings. The summed E-state index contributed by atoms with van der Waals surface area (Å²) in [6, 6.07) is 0. The summed E-state index contributed by atoms with van der Waals surface area (Å²) >= 11 is 0. The topological polar surface area (TPSA) is 40.5 Å². The molecule has 0 aromatic heterocycles. The summed E-state index contributed by atoms with van der Waals surface area (Å²) in [7, 11) is 6.49. The van der Waals surface area contributed by atoms with Crippen molar-refractivity contribution in [2.24, 2.45) is 0 Å². The third-order valence-corrected chi connectivity index (χ3v) is 2.84. The van der Waals surface area contributed by atoms with E-state index in [-0.39, 0.29) is 6.42 Å². The van der Waals surface area contributed by atoms with Gasteiger partial charge >= 0.3 is 5.97 Å². The van der Waals surface area contributed by atoms with E-state index in [4.69, 9.17) is 5.11 Å². The van der Waals surface area contributed by atoms with Crippen molar-refractivity contribution in [1.29, 1.82) is 0 Å². The van der Waals surface area contributed by atoms with E-state index in [9.17, 15) is 4.79 Å². The van der Waals surface area contributed by atoms with E-state index < -0.39 is 5.97 Å². The normalized spacial score (nSPS) is 12.1. The first-order chi connectivity index (χ1) is 7.37. The zero-order valence-corrected chi connectivity index (χ0v) is 11.2. The Morgan fingerprint density at radius 3 is 2.38 bits per heavy atom. The lowest BCUT2D eigenvalue weighted by atomic mass is 10.3. The van der Waals surface area contributed by atoms with Gasteiger partial charge in [-0.2, -0.15) is 0 Å². The lowest BCUT2D eigenvalue weighted by Crippen LogP contribution is -2.42. The molecule has 0 heterocycles. The monoisotopic (exact) mass is 231 g/mol. The Hall–Kier alpha value is -0.610. The Bertz CT molecular complexity index is 205. The molecule has 96 valence electrons. The van der Waals surface area contributed by atoms with Gasteiger partial charge in [-0.05, 0) is 13.5 Å². The zero-order valence-electron chi connectivity index (χ0n) is 11.2. The third-order valence-electron chi connectivity index (χ3n) is 2.84. The van der Waals surface area contributed by atoms with Gasteiger partial charge in [-0.3, -0.25) is 4.79 Å².